The molecule has 0 atom stereocenters. The Hall–Kier alpha value is -2.33. The normalized spacial score (nSPS) is 10.6. The van der Waals surface area contributed by atoms with Crippen molar-refractivity contribution in [2.24, 2.45) is 0 Å². The van der Waals surface area contributed by atoms with Crippen LogP contribution in [-0.2, 0) is 4.79 Å². The first-order chi connectivity index (χ1) is 10.1. The minimum absolute atomic E-state index is 0.175. The molecule has 2 rings (SSSR count). The van der Waals surface area contributed by atoms with Crippen molar-refractivity contribution in [1.29, 1.82) is 0 Å². The third-order valence-corrected chi connectivity index (χ3v) is 3.10. The highest BCUT2D eigenvalue weighted by Crippen LogP contribution is 2.23. The fourth-order valence-electron chi connectivity index (χ4n) is 1.75. The summed E-state index contributed by atoms with van der Waals surface area (Å²) in [5, 5.41) is 2.90. The molecular formula is C16H13ClFNO2. The Morgan fingerprint density at radius 2 is 2.00 bits per heavy atom. The zero-order chi connectivity index (χ0) is 15.2. The van der Waals surface area contributed by atoms with Crippen LogP contribution in [0.15, 0.2) is 48.5 Å². The van der Waals surface area contributed by atoms with E-state index in [1.165, 1.54) is 31.4 Å². The maximum Gasteiger partial charge on any atom is 0.248 e. The molecule has 0 radical (unpaired) electrons. The van der Waals surface area contributed by atoms with Gasteiger partial charge in [0.25, 0.3) is 0 Å². The Kier molecular flexibility index (Phi) is 4.95. The first-order valence-electron chi connectivity index (χ1n) is 6.18. The summed E-state index contributed by atoms with van der Waals surface area (Å²) in [5.41, 5.74) is 0.712. The predicted molar refractivity (Wildman–Crippen MR) is 82.1 cm³/mol. The van der Waals surface area contributed by atoms with E-state index >= 15 is 0 Å². The lowest BCUT2D eigenvalue weighted by molar-refractivity contribution is -0.111. The lowest BCUT2D eigenvalue weighted by atomic mass is 10.2. The number of hydrogen-bond donors (Lipinski definition) is 1. The molecule has 1 amide bonds. The summed E-state index contributed by atoms with van der Waals surface area (Å²) in [5.74, 6) is -0.342. The topological polar surface area (TPSA) is 38.3 Å². The number of para-hydroxylation sites is 2. The smallest absolute Gasteiger partial charge is 0.248 e. The quantitative estimate of drug-likeness (QED) is 0.862. The van der Waals surface area contributed by atoms with Gasteiger partial charge in [0.05, 0.1) is 17.8 Å². The summed E-state index contributed by atoms with van der Waals surface area (Å²) < 4.78 is 18.7. The lowest BCUT2D eigenvalue weighted by Crippen LogP contribution is -2.08. The van der Waals surface area contributed by atoms with E-state index < -0.39 is 11.7 Å². The minimum atomic E-state index is -0.483. The SMILES string of the molecule is COc1ccccc1NC(=O)/C=C/c1c(F)cccc1Cl. The fraction of sp³-hybridized carbons (Fsp3) is 0.0625. The van der Waals surface area contributed by atoms with Gasteiger partial charge in [-0.15, -0.1) is 0 Å². The molecule has 2 aromatic carbocycles. The van der Waals surface area contributed by atoms with Crippen molar-refractivity contribution in [3.63, 3.8) is 0 Å². The number of carbonyl (C=O) groups is 1. The largest absolute Gasteiger partial charge is 0.495 e. The average Bonchev–Trinajstić information content (AvgIpc) is 2.47. The number of rotatable bonds is 4. The number of ether oxygens (including phenoxy) is 1. The Balaban J connectivity index is 2.13. The zero-order valence-electron chi connectivity index (χ0n) is 11.3. The van der Waals surface area contributed by atoms with Crippen LogP contribution in [0.5, 0.6) is 5.75 Å². The molecule has 5 heteroatoms. The molecule has 0 spiro atoms. The molecule has 3 nitrogen and oxygen atoms in total. The van der Waals surface area contributed by atoms with E-state index in [2.05, 4.69) is 5.32 Å². The van der Waals surface area contributed by atoms with E-state index in [0.29, 0.717) is 11.4 Å². The van der Waals surface area contributed by atoms with Crippen LogP contribution in [0.1, 0.15) is 5.56 Å². The highest BCUT2D eigenvalue weighted by atomic mass is 35.5. The highest BCUT2D eigenvalue weighted by Gasteiger charge is 2.06. The number of hydrogen-bond acceptors (Lipinski definition) is 2. The van der Waals surface area contributed by atoms with Crippen molar-refractivity contribution in [3.05, 3.63) is 64.9 Å². The summed E-state index contributed by atoms with van der Waals surface area (Å²) in [6.07, 6.45) is 2.55. The molecule has 1 N–H and O–H groups in total. The minimum Gasteiger partial charge on any atom is -0.495 e. The summed E-state index contributed by atoms with van der Waals surface area (Å²) in [7, 11) is 1.51. The van der Waals surface area contributed by atoms with E-state index in [-0.39, 0.29) is 10.6 Å². The van der Waals surface area contributed by atoms with Gasteiger partial charge in [-0.1, -0.05) is 29.8 Å². The molecule has 0 aliphatic rings. The monoisotopic (exact) mass is 305 g/mol. The average molecular weight is 306 g/mol. The number of methoxy groups -OCH3 is 1. The Labute approximate surface area is 127 Å². The molecule has 0 bridgehead atoms. The van der Waals surface area contributed by atoms with E-state index in [9.17, 15) is 9.18 Å². The van der Waals surface area contributed by atoms with Gasteiger partial charge in [-0.3, -0.25) is 4.79 Å². The Morgan fingerprint density at radius 1 is 1.24 bits per heavy atom. The molecule has 2 aromatic rings. The van der Waals surface area contributed by atoms with Gasteiger partial charge < -0.3 is 10.1 Å². The predicted octanol–water partition coefficient (Wildman–Crippen LogP) is 4.14. The van der Waals surface area contributed by atoms with Gasteiger partial charge in [0.15, 0.2) is 0 Å². The van der Waals surface area contributed by atoms with Crippen LogP contribution in [0, 0.1) is 5.82 Å². The summed E-state index contributed by atoms with van der Waals surface area (Å²) in [6, 6.07) is 11.3. The van der Waals surface area contributed by atoms with Crippen molar-refractivity contribution in [2.75, 3.05) is 12.4 Å². The van der Waals surface area contributed by atoms with Crippen molar-refractivity contribution in [2.45, 2.75) is 0 Å². The van der Waals surface area contributed by atoms with E-state index in [1.807, 2.05) is 0 Å². The summed E-state index contributed by atoms with van der Waals surface area (Å²) >= 11 is 5.88. The second kappa shape index (κ2) is 6.90. The molecule has 0 unspecified atom stereocenters. The first-order valence-corrected chi connectivity index (χ1v) is 6.55. The highest BCUT2D eigenvalue weighted by molar-refractivity contribution is 6.32. The van der Waals surface area contributed by atoms with Gasteiger partial charge in [-0.2, -0.15) is 0 Å². The van der Waals surface area contributed by atoms with Gasteiger partial charge in [0.1, 0.15) is 11.6 Å². The summed E-state index contributed by atoms with van der Waals surface area (Å²) in [6.45, 7) is 0. The van der Waals surface area contributed by atoms with Crippen LogP contribution in [0.4, 0.5) is 10.1 Å². The van der Waals surface area contributed by atoms with Gasteiger partial charge in [0, 0.05) is 11.6 Å². The molecule has 0 fully saturated rings. The fourth-order valence-corrected chi connectivity index (χ4v) is 1.98. The van der Waals surface area contributed by atoms with Crippen molar-refractivity contribution < 1.29 is 13.9 Å². The van der Waals surface area contributed by atoms with Crippen LogP contribution >= 0.6 is 11.6 Å². The van der Waals surface area contributed by atoms with Crippen molar-refractivity contribution in [3.8, 4) is 5.75 Å². The maximum absolute atomic E-state index is 13.6. The molecule has 0 aromatic heterocycles. The van der Waals surface area contributed by atoms with E-state index in [0.717, 1.165) is 0 Å². The van der Waals surface area contributed by atoms with E-state index in [4.69, 9.17) is 16.3 Å². The maximum atomic E-state index is 13.6. The van der Waals surface area contributed by atoms with Crippen LogP contribution in [0.25, 0.3) is 6.08 Å². The van der Waals surface area contributed by atoms with Gasteiger partial charge >= 0.3 is 0 Å². The van der Waals surface area contributed by atoms with Crippen LogP contribution in [0.2, 0.25) is 5.02 Å². The van der Waals surface area contributed by atoms with E-state index in [1.54, 1.807) is 30.3 Å². The van der Waals surface area contributed by atoms with Crippen LogP contribution < -0.4 is 10.1 Å². The molecule has 0 aliphatic heterocycles. The van der Waals surface area contributed by atoms with Gasteiger partial charge in [-0.25, -0.2) is 4.39 Å². The van der Waals surface area contributed by atoms with Gasteiger partial charge in [-0.05, 0) is 30.3 Å². The molecule has 0 aliphatic carbocycles. The molecule has 0 saturated heterocycles. The number of halogens is 2. The Morgan fingerprint density at radius 3 is 2.71 bits per heavy atom. The number of carbonyl (C=O) groups excluding carboxylic acids is 1. The molecule has 0 heterocycles. The molecule has 21 heavy (non-hydrogen) atoms. The third-order valence-electron chi connectivity index (χ3n) is 2.77. The standard InChI is InChI=1S/C16H13ClFNO2/c1-21-15-8-3-2-7-14(15)19-16(20)10-9-11-12(17)5-4-6-13(11)18/h2-10H,1H3,(H,19,20)/b10-9+. The van der Waals surface area contributed by atoms with Crippen LogP contribution in [0.3, 0.4) is 0 Å². The third kappa shape index (κ3) is 3.83. The number of amides is 1. The van der Waals surface area contributed by atoms with Crippen LogP contribution in [-0.4, -0.2) is 13.0 Å². The summed E-state index contributed by atoms with van der Waals surface area (Å²) in [4.78, 5) is 11.9. The lowest BCUT2D eigenvalue weighted by Gasteiger charge is -2.07. The zero-order valence-corrected chi connectivity index (χ0v) is 12.0. The second-order valence-corrected chi connectivity index (χ2v) is 4.57. The number of anilines is 1. The van der Waals surface area contributed by atoms with Crippen molar-refractivity contribution in [1.82, 2.24) is 0 Å². The van der Waals surface area contributed by atoms with Crippen molar-refractivity contribution >= 4 is 29.3 Å². The Bertz CT molecular complexity index is 665. The number of benzene rings is 2. The molecular weight excluding hydrogens is 293 g/mol. The first kappa shape index (κ1) is 15.1. The molecule has 0 saturated carbocycles. The molecule has 108 valence electrons. The number of nitrogens with one attached hydrogen (secondary N) is 1. The second-order valence-electron chi connectivity index (χ2n) is 4.16. The van der Waals surface area contributed by atoms with Gasteiger partial charge in [0.2, 0.25) is 5.91 Å².